The van der Waals surface area contributed by atoms with Gasteiger partial charge < -0.3 is 15.1 Å². The normalized spacial score (nSPS) is 14.8. The van der Waals surface area contributed by atoms with Gasteiger partial charge in [0.05, 0.1) is 0 Å². The van der Waals surface area contributed by atoms with Gasteiger partial charge in [0.2, 0.25) is 0 Å². The second-order valence-electron chi connectivity index (χ2n) is 6.04. The van der Waals surface area contributed by atoms with Gasteiger partial charge in [-0.2, -0.15) is 0 Å². The molecular weight excluding hydrogens is 334 g/mol. The van der Waals surface area contributed by atoms with E-state index in [2.05, 4.69) is 20.2 Å². The van der Waals surface area contributed by atoms with E-state index in [1.54, 1.807) is 17.5 Å². The number of benzene rings is 1. The van der Waals surface area contributed by atoms with Crippen LogP contribution < -0.4 is 10.2 Å². The zero-order valence-electron chi connectivity index (χ0n) is 14.0. The van der Waals surface area contributed by atoms with Crippen molar-refractivity contribution in [1.82, 2.24) is 14.9 Å². The zero-order chi connectivity index (χ0) is 17.2. The molecule has 1 aliphatic rings. The van der Waals surface area contributed by atoms with Crippen LogP contribution in [0.25, 0.3) is 10.3 Å². The molecule has 0 radical (unpaired) electrons. The van der Waals surface area contributed by atoms with Gasteiger partial charge in [-0.3, -0.25) is 0 Å². The number of rotatable bonds is 2. The fourth-order valence-electron chi connectivity index (χ4n) is 2.90. The van der Waals surface area contributed by atoms with E-state index in [-0.39, 0.29) is 6.03 Å². The van der Waals surface area contributed by atoms with Crippen molar-refractivity contribution in [1.29, 1.82) is 0 Å². The quantitative estimate of drug-likeness (QED) is 0.767. The van der Waals surface area contributed by atoms with Crippen LogP contribution in [-0.2, 0) is 0 Å². The maximum absolute atomic E-state index is 12.5. The second-order valence-corrected chi connectivity index (χ2v) is 7.00. The lowest BCUT2D eigenvalue weighted by atomic mass is 10.2. The first-order valence-corrected chi connectivity index (χ1v) is 9.10. The smallest absolute Gasteiger partial charge is 0.321 e. The highest BCUT2D eigenvalue weighted by Gasteiger charge is 2.23. The number of urea groups is 1. The predicted molar refractivity (Wildman–Crippen MR) is 101 cm³/mol. The van der Waals surface area contributed by atoms with E-state index in [0.29, 0.717) is 13.1 Å². The van der Waals surface area contributed by atoms with Crippen LogP contribution in [0.3, 0.4) is 0 Å². The van der Waals surface area contributed by atoms with Gasteiger partial charge in [0.15, 0.2) is 5.13 Å². The average Bonchev–Trinajstić information content (AvgIpc) is 3.08. The standard InChI is InChI=1S/C18H19N5OS/c1-13-5-2-3-6-14(13)20-17(24)22-9-11-23(12-10-22)18-21-15-7-4-8-19-16(15)25-18/h2-8H,9-12H2,1H3,(H,20,24). The van der Waals surface area contributed by atoms with Gasteiger partial charge in [-0.15, -0.1) is 0 Å². The molecule has 6 nitrogen and oxygen atoms in total. The summed E-state index contributed by atoms with van der Waals surface area (Å²) >= 11 is 1.60. The Morgan fingerprint density at radius 1 is 1.12 bits per heavy atom. The summed E-state index contributed by atoms with van der Waals surface area (Å²) in [6, 6.07) is 11.7. The molecule has 1 aliphatic heterocycles. The molecular formula is C18H19N5OS. The number of aromatic nitrogens is 2. The number of aryl methyl sites for hydroxylation is 1. The van der Waals surface area contributed by atoms with E-state index in [9.17, 15) is 4.79 Å². The molecule has 1 N–H and O–H groups in total. The van der Waals surface area contributed by atoms with Gasteiger partial charge in [0.1, 0.15) is 10.3 Å². The maximum Gasteiger partial charge on any atom is 0.321 e. The molecule has 0 spiro atoms. The highest BCUT2D eigenvalue weighted by Crippen LogP contribution is 2.27. The second kappa shape index (κ2) is 6.68. The van der Waals surface area contributed by atoms with Gasteiger partial charge in [0.25, 0.3) is 0 Å². The SMILES string of the molecule is Cc1ccccc1NC(=O)N1CCN(c2nc3cccnc3s2)CC1. The number of amides is 2. The summed E-state index contributed by atoms with van der Waals surface area (Å²) in [5.41, 5.74) is 2.87. The van der Waals surface area contributed by atoms with Gasteiger partial charge in [-0.05, 0) is 30.7 Å². The molecule has 0 bridgehead atoms. The molecule has 2 aromatic heterocycles. The van der Waals surface area contributed by atoms with E-state index in [1.165, 1.54) is 0 Å². The Balaban J connectivity index is 1.39. The largest absolute Gasteiger partial charge is 0.344 e. The van der Waals surface area contributed by atoms with Crippen molar-refractivity contribution < 1.29 is 4.79 Å². The Morgan fingerprint density at radius 2 is 1.92 bits per heavy atom. The lowest BCUT2D eigenvalue weighted by Gasteiger charge is -2.34. The Bertz CT molecular complexity index is 868. The van der Waals surface area contributed by atoms with Crippen molar-refractivity contribution in [3.63, 3.8) is 0 Å². The minimum atomic E-state index is -0.0417. The summed E-state index contributed by atoms with van der Waals surface area (Å²) in [5, 5.41) is 3.98. The molecule has 4 rings (SSSR count). The van der Waals surface area contributed by atoms with Gasteiger partial charge in [-0.25, -0.2) is 14.8 Å². The monoisotopic (exact) mass is 353 g/mol. The maximum atomic E-state index is 12.5. The predicted octanol–water partition coefficient (Wildman–Crippen LogP) is 3.35. The van der Waals surface area contributed by atoms with E-state index >= 15 is 0 Å². The molecule has 128 valence electrons. The third-order valence-electron chi connectivity index (χ3n) is 4.38. The molecule has 0 unspecified atom stereocenters. The molecule has 0 atom stereocenters. The zero-order valence-corrected chi connectivity index (χ0v) is 14.8. The first-order chi connectivity index (χ1) is 12.2. The molecule has 1 saturated heterocycles. The van der Waals surface area contributed by atoms with Crippen LogP contribution in [0.2, 0.25) is 0 Å². The number of hydrogen-bond donors (Lipinski definition) is 1. The number of thiazole rings is 1. The van der Waals surface area contributed by atoms with Crippen LogP contribution >= 0.6 is 11.3 Å². The topological polar surface area (TPSA) is 61.4 Å². The van der Waals surface area contributed by atoms with Gasteiger partial charge in [0, 0.05) is 38.1 Å². The Labute approximate surface area is 150 Å². The summed E-state index contributed by atoms with van der Waals surface area (Å²) in [6.07, 6.45) is 1.79. The van der Waals surface area contributed by atoms with Gasteiger partial charge >= 0.3 is 6.03 Å². The highest BCUT2D eigenvalue weighted by atomic mass is 32.1. The van der Waals surface area contributed by atoms with Crippen molar-refractivity contribution in [3.05, 3.63) is 48.2 Å². The van der Waals surface area contributed by atoms with Crippen molar-refractivity contribution in [3.8, 4) is 0 Å². The molecule has 1 fully saturated rings. The van der Waals surface area contributed by atoms with E-state index in [0.717, 1.165) is 39.8 Å². The Morgan fingerprint density at radius 3 is 2.68 bits per heavy atom. The fourth-order valence-corrected chi connectivity index (χ4v) is 3.86. The summed E-state index contributed by atoms with van der Waals surface area (Å²) in [5.74, 6) is 0. The number of piperazine rings is 1. The summed E-state index contributed by atoms with van der Waals surface area (Å²) in [6.45, 7) is 4.92. The van der Waals surface area contributed by atoms with Crippen LogP contribution in [0.5, 0.6) is 0 Å². The number of nitrogens with one attached hydrogen (secondary N) is 1. The van der Waals surface area contributed by atoms with E-state index in [4.69, 9.17) is 0 Å². The van der Waals surface area contributed by atoms with Crippen molar-refractivity contribution >= 4 is 38.5 Å². The van der Waals surface area contributed by atoms with Crippen molar-refractivity contribution in [2.45, 2.75) is 6.92 Å². The minimum absolute atomic E-state index is 0.0417. The lowest BCUT2D eigenvalue weighted by molar-refractivity contribution is 0.208. The number of anilines is 2. The van der Waals surface area contributed by atoms with Crippen LogP contribution in [0.1, 0.15) is 5.56 Å². The Kier molecular flexibility index (Phi) is 4.23. The number of para-hydroxylation sites is 1. The molecule has 0 aliphatic carbocycles. The molecule has 2 amide bonds. The molecule has 0 saturated carbocycles. The first-order valence-electron chi connectivity index (χ1n) is 8.29. The van der Waals surface area contributed by atoms with Crippen LogP contribution in [0.15, 0.2) is 42.6 Å². The number of fused-ring (bicyclic) bond motifs is 1. The lowest BCUT2D eigenvalue weighted by Crippen LogP contribution is -2.50. The molecule has 7 heteroatoms. The van der Waals surface area contributed by atoms with Crippen molar-refractivity contribution in [2.75, 3.05) is 36.4 Å². The number of nitrogens with zero attached hydrogens (tertiary/aromatic N) is 4. The average molecular weight is 353 g/mol. The first kappa shape index (κ1) is 15.8. The number of hydrogen-bond acceptors (Lipinski definition) is 5. The fraction of sp³-hybridized carbons (Fsp3) is 0.278. The highest BCUT2D eigenvalue weighted by molar-refractivity contribution is 7.21. The van der Waals surface area contributed by atoms with E-state index < -0.39 is 0 Å². The number of pyridine rings is 1. The van der Waals surface area contributed by atoms with Crippen LogP contribution in [0.4, 0.5) is 15.6 Å². The van der Waals surface area contributed by atoms with E-state index in [1.807, 2.05) is 48.2 Å². The summed E-state index contributed by atoms with van der Waals surface area (Å²) in [7, 11) is 0. The van der Waals surface area contributed by atoms with Crippen LogP contribution in [0, 0.1) is 6.92 Å². The molecule has 1 aromatic carbocycles. The Hall–Kier alpha value is -2.67. The number of carbonyl (C=O) groups is 1. The summed E-state index contributed by atoms with van der Waals surface area (Å²) in [4.78, 5) is 26.5. The summed E-state index contributed by atoms with van der Waals surface area (Å²) < 4.78 is 0. The third-order valence-corrected chi connectivity index (χ3v) is 5.42. The molecule has 25 heavy (non-hydrogen) atoms. The number of carbonyl (C=O) groups excluding carboxylic acids is 1. The molecule has 3 heterocycles. The molecule has 3 aromatic rings. The van der Waals surface area contributed by atoms with Crippen molar-refractivity contribution in [2.24, 2.45) is 0 Å². The van der Waals surface area contributed by atoms with Crippen LogP contribution in [-0.4, -0.2) is 47.1 Å². The third kappa shape index (κ3) is 3.28. The van der Waals surface area contributed by atoms with Gasteiger partial charge in [-0.1, -0.05) is 29.5 Å². The minimum Gasteiger partial charge on any atom is -0.344 e.